The highest BCUT2D eigenvalue weighted by Gasteiger charge is 2.41. The molecule has 1 heterocycles. The van der Waals surface area contributed by atoms with Gasteiger partial charge in [0.15, 0.2) is 5.72 Å². The van der Waals surface area contributed by atoms with E-state index in [1.165, 1.54) is 0 Å². The molecule has 1 aliphatic heterocycles. The van der Waals surface area contributed by atoms with Gasteiger partial charge in [0.25, 0.3) is 0 Å². The lowest BCUT2D eigenvalue weighted by molar-refractivity contribution is -0.0106. The third kappa shape index (κ3) is 1.63. The predicted molar refractivity (Wildman–Crippen MR) is 57.2 cm³/mol. The molecular weight excluding hydrogens is 190 g/mol. The molecule has 1 aliphatic rings. The largest absolute Gasteiger partial charge is 0.436 e. The van der Waals surface area contributed by atoms with Crippen LogP contribution in [0.15, 0.2) is 24.3 Å². The molecule has 1 aromatic rings. The first-order chi connectivity index (χ1) is 7.17. The van der Waals surface area contributed by atoms with Crippen LogP contribution < -0.4 is 5.73 Å². The van der Waals surface area contributed by atoms with Gasteiger partial charge in [0.05, 0.1) is 5.56 Å². The van der Waals surface area contributed by atoms with Gasteiger partial charge in [-0.25, -0.2) is 4.79 Å². The normalized spacial score (nSPS) is 23.7. The van der Waals surface area contributed by atoms with E-state index in [4.69, 9.17) is 10.5 Å². The first-order valence-electron chi connectivity index (χ1n) is 5.29. The van der Waals surface area contributed by atoms with Gasteiger partial charge in [-0.2, -0.15) is 0 Å². The zero-order valence-corrected chi connectivity index (χ0v) is 8.82. The average molecular weight is 205 g/mol. The van der Waals surface area contributed by atoms with Gasteiger partial charge < -0.3 is 4.74 Å². The van der Waals surface area contributed by atoms with Crippen molar-refractivity contribution in [2.75, 3.05) is 0 Å². The van der Waals surface area contributed by atoms with E-state index in [1.54, 1.807) is 6.07 Å². The topological polar surface area (TPSA) is 52.3 Å². The predicted octanol–water partition coefficient (Wildman–Crippen LogP) is 2.16. The quantitative estimate of drug-likeness (QED) is 0.769. The molecule has 0 spiro atoms. The zero-order chi connectivity index (χ0) is 10.9. The van der Waals surface area contributed by atoms with Crippen LogP contribution in [-0.2, 0) is 10.5 Å². The van der Waals surface area contributed by atoms with Gasteiger partial charge in [-0.15, -0.1) is 0 Å². The highest BCUT2D eigenvalue weighted by Crippen LogP contribution is 2.35. The van der Waals surface area contributed by atoms with E-state index in [0.717, 1.165) is 18.4 Å². The monoisotopic (exact) mass is 205 g/mol. The van der Waals surface area contributed by atoms with Crippen molar-refractivity contribution in [3.8, 4) is 0 Å². The summed E-state index contributed by atoms with van der Waals surface area (Å²) in [7, 11) is 0. The van der Waals surface area contributed by atoms with Crippen LogP contribution in [0.4, 0.5) is 0 Å². The molecule has 1 aromatic carbocycles. The molecule has 3 heteroatoms. The minimum Gasteiger partial charge on any atom is -0.436 e. The molecule has 0 fully saturated rings. The third-order valence-corrected chi connectivity index (χ3v) is 2.78. The second-order valence-electron chi connectivity index (χ2n) is 3.93. The number of fused-ring (bicyclic) bond motifs is 1. The van der Waals surface area contributed by atoms with Gasteiger partial charge in [0.1, 0.15) is 0 Å². The summed E-state index contributed by atoms with van der Waals surface area (Å²) in [5.74, 6) is -0.302. The molecule has 0 aromatic heterocycles. The summed E-state index contributed by atoms with van der Waals surface area (Å²) in [5.41, 5.74) is 6.64. The number of carbonyl (C=O) groups excluding carboxylic acids is 1. The Bertz CT molecular complexity index is 389. The first kappa shape index (κ1) is 10.2. The number of hydrogen-bond acceptors (Lipinski definition) is 3. The fourth-order valence-corrected chi connectivity index (χ4v) is 1.93. The number of rotatable bonds is 3. The second-order valence-corrected chi connectivity index (χ2v) is 3.93. The van der Waals surface area contributed by atoms with Crippen molar-refractivity contribution >= 4 is 5.97 Å². The molecule has 3 nitrogen and oxygen atoms in total. The maximum atomic E-state index is 11.5. The number of cyclic esters (lactones) is 1. The van der Waals surface area contributed by atoms with Crippen molar-refractivity contribution in [3.63, 3.8) is 0 Å². The smallest absolute Gasteiger partial charge is 0.340 e. The number of esters is 1. The maximum absolute atomic E-state index is 11.5. The number of ether oxygens (including phenoxy) is 1. The van der Waals surface area contributed by atoms with E-state index in [9.17, 15) is 4.79 Å². The fraction of sp³-hybridized carbons (Fsp3) is 0.417. The molecular formula is C12H15NO2. The lowest BCUT2D eigenvalue weighted by atomic mass is 9.96. The molecule has 0 aliphatic carbocycles. The first-order valence-corrected chi connectivity index (χ1v) is 5.29. The number of nitrogens with two attached hydrogens (primary N) is 1. The van der Waals surface area contributed by atoms with E-state index < -0.39 is 5.72 Å². The Kier molecular flexibility index (Phi) is 2.49. The molecule has 0 saturated carbocycles. The molecule has 2 rings (SSSR count). The van der Waals surface area contributed by atoms with Gasteiger partial charge in [-0.1, -0.05) is 31.5 Å². The molecule has 2 N–H and O–H groups in total. The van der Waals surface area contributed by atoms with Gasteiger partial charge in [-0.05, 0) is 12.5 Å². The van der Waals surface area contributed by atoms with Crippen LogP contribution in [0.1, 0.15) is 42.1 Å². The Labute approximate surface area is 89.2 Å². The third-order valence-electron chi connectivity index (χ3n) is 2.78. The summed E-state index contributed by atoms with van der Waals surface area (Å²) in [6, 6.07) is 7.34. The van der Waals surface area contributed by atoms with Crippen LogP contribution >= 0.6 is 0 Å². The van der Waals surface area contributed by atoms with Crippen molar-refractivity contribution in [1.29, 1.82) is 0 Å². The number of hydrogen-bond donors (Lipinski definition) is 1. The minimum absolute atomic E-state index is 0.302. The summed E-state index contributed by atoms with van der Waals surface area (Å²) in [6.45, 7) is 2.09. The summed E-state index contributed by atoms with van der Waals surface area (Å²) < 4.78 is 5.26. The van der Waals surface area contributed by atoms with Gasteiger partial charge >= 0.3 is 5.97 Å². The second kappa shape index (κ2) is 3.66. The van der Waals surface area contributed by atoms with Gasteiger partial charge in [0.2, 0.25) is 0 Å². The van der Waals surface area contributed by atoms with Crippen LogP contribution in [0.3, 0.4) is 0 Å². The van der Waals surface area contributed by atoms with E-state index in [2.05, 4.69) is 6.92 Å². The Morgan fingerprint density at radius 2 is 2.13 bits per heavy atom. The van der Waals surface area contributed by atoms with E-state index >= 15 is 0 Å². The van der Waals surface area contributed by atoms with Crippen molar-refractivity contribution < 1.29 is 9.53 Å². The highest BCUT2D eigenvalue weighted by atomic mass is 16.6. The van der Waals surface area contributed by atoms with Crippen molar-refractivity contribution in [2.45, 2.75) is 31.9 Å². The average Bonchev–Trinajstić information content (AvgIpc) is 2.50. The summed E-state index contributed by atoms with van der Waals surface area (Å²) in [6.07, 6.45) is 2.68. The van der Waals surface area contributed by atoms with Crippen LogP contribution in [0, 0.1) is 0 Å². The van der Waals surface area contributed by atoms with Crippen LogP contribution in [0.25, 0.3) is 0 Å². The summed E-state index contributed by atoms with van der Waals surface area (Å²) >= 11 is 0. The van der Waals surface area contributed by atoms with Gasteiger partial charge in [-0.3, -0.25) is 5.73 Å². The van der Waals surface area contributed by atoms with Crippen LogP contribution in [0.5, 0.6) is 0 Å². The Hall–Kier alpha value is -1.35. The fourth-order valence-electron chi connectivity index (χ4n) is 1.93. The lowest BCUT2D eigenvalue weighted by Crippen LogP contribution is -2.36. The van der Waals surface area contributed by atoms with Crippen molar-refractivity contribution in [3.05, 3.63) is 35.4 Å². The van der Waals surface area contributed by atoms with Crippen molar-refractivity contribution in [1.82, 2.24) is 0 Å². The molecule has 15 heavy (non-hydrogen) atoms. The molecule has 1 unspecified atom stereocenters. The molecule has 80 valence electrons. The molecule has 0 amide bonds. The molecule has 0 saturated heterocycles. The Balaban J connectivity index is 2.34. The van der Waals surface area contributed by atoms with E-state index in [0.29, 0.717) is 12.0 Å². The van der Waals surface area contributed by atoms with E-state index in [-0.39, 0.29) is 5.97 Å². The van der Waals surface area contributed by atoms with E-state index in [1.807, 2.05) is 18.2 Å². The van der Waals surface area contributed by atoms with Crippen LogP contribution in [-0.4, -0.2) is 5.97 Å². The van der Waals surface area contributed by atoms with Gasteiger partial charge in [0, 0.05) is 12.0 Å². The minimum atomic E-state index is -0.899. The Morgan fingerprint density at radius 3 is 2.87 bits per heavy atom. The lowest BCUT2D eigenvalue weighted by Gasteiger charge is -2.23. The SMILES string of the molecule is CCCCC1(N)OC(=O)c2ccccc21. The number of unbranched alkanes of at least 4 members (excludes halogenated alkanes) is 1. The molecule has 0 bridgehead atoms. The highest BCUT2D eigenvalue weighted by molar-refractivity contribution is 5.94. The molecule has 1 atom stereocenters. The summed E-state index contributed by atoms with van der Waals surface area (Å²) in [5, 5.41) is 0. The number of carbonyl (C=O) groups is 1. The zero-order valence-electron chi connectivity index (χ0n) is 8.82. The van der Waals surface area contributed by atoms with Crippen LogP contribution in [0.2, 0.25) is 0 Å². The Morgan fingerprint density at radius 1 is 1.40 bits per heavy atom. The standard InChI is InChI=1S/C12H15NO2/c1-2-3-8-12(13)10-7-5-4-6-9(10)11(14)15-12/h4-7H,2-3,8,13H2,1H3. The maximum Gasteiger partial charge on any atom is 0.340 e. The number of benzene rings is 1. The summed E-state index contributed by atoms with van der Waals surface area (Å²) in [4.78, 5) is 11.5. The molecule has 0 radical (unpaired) electrons. The van der Waals surface area contributed by atoms with Crippen molar-refractivity contribution in [2.24, 2.45) is 5.73 Å².